The van der Waals surface area contributed by atoms with Gasteiger partial charge in [-0.1, -0.05) is 28.9 Å². The predicted octanol–water partition coefficient (Wildman–Crippen LogP) is 2.44. The van der Waals surface area contributed by atoms with E-state index in [2.05, 4.69) is 15.3 Å². The molecular formula is C10H9ClN4O. The van der Waals surface area contributed by atoms with Crippen LogP contribution >= 0.6 is 11.6 Å². The number of aromatic nitrogens is 3. The number of nitrogens with zero attached hydrogens (tertiary/aromatic N) is 4. The summed E-state index contributed by atoms with van der Waals surface area (Å²) in [5.41, 5.74) is 0.815. The zero-order chi connectivity index (χ0) is 11.4. The highest BCUT2D eigenvalue weighted by atomic mass is 35.5. The van der Waals surface area contributed by atoms with E-state index in [1.807, 2.05) is 0 Å². The quantitative estimate of drug-likeness (QED) is 0.766. The van der Waals surface area contributed by atoms with Crippen molar-refractivity contribution in [1.82, 2.24) is 14.8 Å². The maximum Gasteiger partial charge on any atom is 0.137 e. The van der Waals surface area contributed by atoms with Gasteiger partial charge in [0.15, 0.2) is 0 Å². The monoisotopic (exact) mass is 236 g/mol. The molecule has 1 unspecified atom stereocenters. The van der Waals surface area contributed by atoms with Crippen LogP contribution in [0.4, 0.5) is 0 Å². The first-order chi connectivity index (χ1) is 7.79. The van der Waals surface area contributed by atoms with Gasteiger partial charge < -0.3 is 0 Å². The van der Waals surface area contributed by atoms with Gasteiger partial charge in [0.1, 0.15) is 18.7 Å². The Morgan fingerprint density at radius 1 is 1.38 bits per heavy atom. The van der Waals surface area contributed by atoms with E-state index in [0.29, 0.717) is 11.6 Å². The van der Waals surface area contributed by atoms with Gasteiger partial charge in [-0.05, 0) is 17.7 Å². The Morgan fingerprint density at radius 2 is 2.12 bits per heavy atom. The minimum Gasteiger partial charge on any atom is -0.250 e. The third-order valence-corrected chi connectivity index (χ3v) is 2.46. The molecule has 0 aliphatic carbocycles. The van der Waals surface area contributed by atoms with Crippen LogP contribution in [0.15, 0.2) is 42.1 Å². The maximum atomic E-state index is 10.8. The fourth-order valence-corrected chi connectivity index (χ4v) is 1.51. The van der Waals surface area contributed by atoms with Crippen LogP contribution in [0, 0.1) is 4.91 Å². The minimum absolute atomic E-state index is 0.380. The molecule has 1 aromatic carbocycles. The number of hydrogen-bond donors (Lipinski definition) is 0. The van der Waals surface area contributed by atoms with Gasteiger partial charge in [0.05, 0.1) is 6.54 Å². The van der Waals surface area contributed by atoms with Crippen molar-refractivity contribution >= 4 is 11.6 Å². The van der Waals surface area contributed by atoms with Crippen LogP contribution in [0.5, 0.6) is 0 Å². The highest BCUT2D eigenvalue weighted by molar-refractivity contribution is 6.30. The van der Waals surface area contributed by atoms with Crippen molar-refractivity contribution in [2.75, 3.05) is 0 Å². The normalized spacial score (nSPS) is 12.3. The van der Waals surface area contributed by atoms with Crippen LogP contribution in [0.25, 0.3) is 0 Å². The minimum atomic E-state index is -0.473. The first kappa shape index (κ1) is 10.8. The number of halogens is 1. The van der Waals surface area contributed by atoms with Crippen LogP contribution < -0.4 is 0 Å². The van der Waals surface area contributed by atoms with E-state index in [4.69, 9.17) is 11.6 Å². The van der Waals surface area contributed by atoms with Gasteiger partial charge in [-0.25, -0.2) is 4.98 Å². The summed E-state index contributed by atoms with van der Waals surface area (Å²) >= 11 is 5.77. The fourth-order valence-electron chi connectivity index (χ4n) is 1.39. The van der Waals surface area contributed by atoms with Crippen molar-refractivity contribution in [3.8, 4) is 0 Å². The third-order valence-electron chi connectivity index (χ3n) is 2.21. The summed E-state index contributed by atoms with van der Waals surface area (Å²) in [5, 5.41) is 7.64. The first-order valence-corrected chi connectivity index (χ1v) is 5.08. The Labute approximate surface area is 97.0 Å². The third kappa shape index (κ3) is 2.43. The molecule has 1 atom stereocenters. The average Bonchev–Trinajstić information content (AvgIpc) is 2.80. The van der Waals surface area contributed by atoms with E-state index >= 15 is 0 Å². The van der Waals surface area contributed by atoms with Crippen molar-refractivity contribution in [3.05, 3.63) is 52.4 Å². The van der Waals surface area contributed by atoms with Crippen molar-refractivity contribution in [2.24, 2.45) is 5.18 Å². The SMILES string of the molecule is O=NC(Cn1cncn1)c1ccc(Cl)cc1. The molecule has 2 rings (SSSR count). The lowest BCUT2D eigenvalue weighted by atomic mass is 10.1. The number of benzene rings is 1. The zero-order valence-electron chi connectivity index (χ0n) is 8.32. The second-order valence-electron chi connectivity index (χ2n) is 3.29. The molecule has 1 aromatic heterocycles. The van der Waals surface area contributed by atoms with Gasteiger partial charge in [-0.2, -0.15) is 10.0 Å². The van der Waals surface area contributed by atoms with Crippen LogP contribution in [0.2, 0.25) is 5.02 Å². The Hall–Kier alpha value is -1.75. The fraction of sp³-hybridized carbons (Fsp3) is 0.200. The molecule has 1 heterocycles. The van der Waals surface area contributed by atoms with Gasteiger partial charge in [0, 0.05) is 5.02 Å². The number of nitroso groups, excluding NO2 is 1. The van der Waals surface area contributed by atoms with E-state index in [9.17, 15) is 4.91 Å². The van der Waals surface area contributed by atoms with Crippen molar-refractivity contribution in [3.63, 3.8) is 0 Å². The summed E-state index contributed by atoms with van der Waals surface area (Å²) in [6.07, 6.45) is 2.97. The second-order valence-corrected chi connectivity index (χ2v) is 3.73. The summed E-state index contributed by atoms with van der Waals surface area (Å²) < 4.78 is 1.57. The molecular weight excluding hydrogens is 228 g/mol. The van der Waals surface area contributed by atoms with Crippen LogP contribution in [0.1, 0.15) is 11.6 Å². The van der Waals surface area contributed by atoms with Crippen molar-refractivity contribution in [2.45, 2.75) is 12.6 Å². The molecule has 0 aliphatic heterocycles. The van der Waals surface area contributed by atoms with Crippen LogP contribution in [0.3, 0.4) is 0 Å². The molecule has 0 fully saturated rings. The summed E-state index contributed by atoms with van der Waals surface area (Å²) in [6.45, 7) is 0.380. The molecule has 0 aliphatic rings. The van der Waals surface area contributed by atoms with Gasteiger partial charge in [0.2, 0.25) is 0 Å². The van der Waals surface area contributed by atoms with Gasteiger partial charge >= 0.3 is 0 Å². The highest BCUT2D eigenvalue weighted by Crippen LogP contribution is 2.20. The summed E-state index contributed by atoms with van der Waals surface area (Å²) in [7, 11) is 0. The van der Waals surface area contributed by atoms with Crippen LogP contribution in [-0.4, -0.2) is 14.8 Å². The smallest absolute Gasteiger partial charge is 0.137 e. The first-order valence-electron chi connectivity index (χ1n) is 4.70. The van der Waals surface area contributed by atoms with Gasteiger partial charge in [-0.15, -0.1) is 0 Å². The lowest BCUT2D eigenvalue weighted by molar-refractivity contribution is 0.526. The maximum absolute atomic E-state index is 10.8. The molecule has 16 heavy (non-hydrogen) atoms. The van der Waals surface area contributed by atoms with Gasteiger partial charge in [0.25, 0.3) is 0 Å². The molecule has 0 bridgehead atoms. The summed E-state index contributed by atoms with van der Waals surface area (Å²) in [6, 6.07) is 6.56. The van der Waals surface area contributed by atoms with E-state index in [1.165, 1.54) is 6.33 Å². The standard InChI is InChI=1S/C10H9ClN4O/c11-9-3-1-8(2-4-9)10(14-16)5-15-7-12-6-13-15/h1-4,6-7,10H,5H2. The van der Waals surface area contributed by atoms with E-state index in [0.717, 1.165) is 5.56 Å². The molecule has 2 aromatic rings. The second kappa shape index (κ2) is 4.85. The summed E-state index contributed by atoms with van der Waals surface area (Å²) in [4.78, 5) is 14.6. The van der Waals surface area contributed by atoms with Crippen molar-refractivity contribution < 1.29 is 0 Å². The Morgan fingerprint density at radius 3 is 2.69 bits per heavy atom. The molecule has 6 heteroatoms. The molecule has 0 N–H and O–H groups in total. The molecule has 82 valence electrons. The lowest BCUT2D eigenvalue weighted by Crippen LogP contribution is -2.07. The largest absolute Gasteiger partial charge is 0.250 e. The molecule has 5 nitrogen and oxygen atoms in total. The average molecular weight is 237 g/mol. The lowest BCUT2D eigenvalue weighted by Gasteiger charge is -2.08. The van der Waals surface area contributed by atoms with E-state index in [-0.39, 0.29) is 0 Å². The Balaban J connectivity index is 2.16. The Kier molecular flexibility index (Phi) is 3.26. The molecule has 0 spiro atoms. The van der Waals surface area contributed by atoms with E-state index in [1.54, 1.807) is 35.3 Å². The van der Waals surface area contributed by atoms with Gasteiger partial charge in [-0.3, -0.25) is 4.68 Å². The number of rotatable bonds is 4. The van der Waals surface area contributed by atoms with Crippen LogP contribution in [-0.2, 0) is 6.54 Å². The van der Waals surface area contributed by atoms with E-state index < -0.39 is 6.04 Å². The zero-order valence-corrected chi connectivity index (χ0v) is 9.08. The molecule has 0 amide bonds. The molecule has 0 saturated carbocycles. The predicted molar refractivity (Wildman–Crippen MR) is 60.0 cm³/mol. The molecule has 0 radical (unpaired) electrons. The Bertz CT molecular complexity index is 454. The number of hydrogen-bond acceptors (Lipinski definition) is 4. The highest BCUT2D eigenvalue weighted by Gasteiger charge is 2.12. The summed E-state index contributed by atoms with van der Waals surface area (Å²) in [5.74, 6) is 0. The van der Waals surface area contributed by atoms with Crippen molar-refractivity contribution in [1.29, 1.82) is 0 Å². The topological polar surface area (TPSA) is 60.1 Å². The molecule has 0 saturated heterocycles.